The second kappa shape index (κ2) is 8.59. The minimum Gasteiger partial charge on any atom is -0.368 e. The van der Waals surface area contributed by atoms with Crippen molar-refractivity contribution in [1.29, 1.82) is 0 Å². The molecule has 0 amide bonds. The lowest BCUT2D eigenvalue weighted by molar-refractivity contribution is -0.115. The summed E-state index contributed by atoms with van der Waals surface area (Å²) in [6, 6.07) is 0. The van der Waals surface area contributed by atoms with Crippen LogP contribution in [0.15, 0.2) is 0 Å². The predicted octanol–water partition coefficient (Wildman–Crippen LogP) is 0.692. The first-order valence-corrected chi connectivity index (χ1v) is 3.34. The molecule has 0 bridgehead atoms. The number of rotatable bonds is 2. The molecule has 62 valence electrons. The molecule has 10 heavy (non-hydrogen) atoms. The van der Waals surface area contributed by atoms with Crippen molar-refractivity contribution in [3.63, 3.8) is 0 Å². The molecule has 0 heterocycles. The molecular weight excluding hydrogens is 132 g/mol. The molecule has 0 saturated heterocycles. The molecule has 0 unspecified atom stereocenters. The Hall–Kier alpha value is -0.410. The smallest absolute Gasteiger partial charge is 0.151 e. The summed E-state index contributed by atoms with van der Waals surface area (Å²) in [4.78, 5) is 9.44. The lowest BCUT2D eigenvalue weighted by Crippen LogP contribution is -2.01. The number of hydrogen-bond acceptors (Lipinski definition) is 3. The number of carbonyl (C=O) groups is 1. The third-order valence-electron chi connectivity index (χ3n) is 0.547. The van der Waals surface area contributed by atoms with Crippen LogP contribution in [-0.2, 0) is 4.79 Å². The zero-order chi connectivity index (χ0) is 8.57. The van der Waals surface area contributed by atoms with Crippen molar-refractivity contribution >= 4 is 5.78 Å². The molecule has 3 nitrogen and oxygen atoms in total. The van der Waals surface area contributed by atoms with E-state index in [1.165, 1.54) is 13.8 Å². The average molecular weight is 148 g/mol. The maximum Gasteiger partial charge on any atom is 0.151 e. The predicted molar refractivity (Wildman–Crippen MR) is 39.5 cm³/mol. The van der Waals surface area contributed by atoms with E-state index < -0.39 is 6.29 Å². The number of Topliss-reactive ketones (excluding diaryl/α,β-unsaturated/α-hetero) is 1. The van der Waals surface area contributed by atoms with Gasteiger partial charge in [0.2, 0.25) is 0 Å². The molecule has 0 aromatic carbocycles. The fraction of sp³-hybridized carbons (Fsp3) is 0.857. The van der Waals surface area contributed by atoms with Crippen LogP contribution in [0.3, 0.4) is 0 Å². The van der Waals surface area contributed by atoms with E-state index in [0.717, 1.165) is 6.42 Å². The minimum absolute atomic E-state index is 0.167. The number of ketones is 1. The molecule has 0 spiro atoms. The van der Waals surface area contributed by atoms with Crippen LogP contribution in [0.25, 0.3) is 0 Å². The molecule has 0 aromatic heterocycles. The number of aliphatic hydroxyl groups is 2. The van der Waals surface area contributed by atoms with Crippen molar-refractivity contribution in [1.82, 2.24) is 0 Å². The molecular formula is C7H16O3. The van der Waals surface area contributed by atoms with Gasteiger partial charge in [-0.2, -0.15) is 0 Å². The topological polar surface area (TPSA) is 57.5 Å². The van der Waals surface area contributed by atoms with E-state index in [-0.39, 0.29) is 5.78 Å². The van der Waals surface area contributed by atoms with Crippen molar-refractivity contribution in [3.05, 3.63) is 0 Å². The van der Waals surface area contributed by atoms with Gasteiger partial charge in [-0.15, -0.1) is 0 Å². The highest BCUT2D eigenvalue weighted by molar-refractivity contribution is 5.72. The largest absolute Gasteiger partial charge is 0.368 e. The Morgan fingerprint density at radius 3 is 1.70 bits per heavy atom. The van der Waals surface area contributed by atoms with Gasteiger partial charge in [-0.05, 0) is 20.3 Å². The SMILES string of the molecule is CC(C)=O.CCCC(O)O. The second-order valence-corrected chi connectivity index (χ2v) is 2.18. The van der Waals surface area contributed by atoms with E-state index in [2.05, 4.69) is 0 Å². The van der Waals surface area contributed by atoms with Gasteiger partial charge >= 0.3 is 0 Å². The normalized spacial score (nSPS) is 8.60. The standard InChI is InChI=1S/C4H10O2.C3H6O/c1-2-3-4(5)6;1-3(2)4/h4-6H,2-3H2,1H3;1-2H3. The molecule has 0 atom stereocenters. The summed E-state index contributed by atoms with van der Waals surface area (Å²) >= 11 is 0. The molecule has 0 rings (SSSR count). The van der Waals surface area contributed by atoms with Gasteiger partial charge in [0, 0.05) is 0 Å². The zero-order valence-corrected chi connectivity index (χ0v) is 6.79. The summed E-state index contributed by atoms with van der Waals surface area (Å²) in [5, 5.41) is 16.2. The first-order chi connectivity index (χ1) is 4.50. The molecule has 0 aliphatic heterocycles. The first kappa shape index (κ1) is 12.3. The molecule has 0 aliphatic rings. The summed E-state index contributed by atoms with van der Waals surface area (Å²) in [5.74, 6) is 0.167. The van der Waals surface area contributed by atoms with Crippen LogP contribution in [0.1, 0.15) is 33.6 Å². The van der Waals surface area contributed by atoms with Crippen LogP contribution >= 0.6 is 0 Å². The van der Waals surface area contributed by atoms with Gasteiger partial charge in [-0.3, -0.25) is 0 Å². The number of hydrogen-bond donors (Lipinski definition) is 2. The Morgan fingerprint density at radius 2 is 1.70 bits per heavy atom. The highest BCUT2D eigenvalue weighted by Gasteiger charge is 1.89. The van der Waals surface area contributed by atoms with Gasteiger partial charge in [0.05, 0.1) is 0 Å². The first-order valence-electron chi connectivity index (χ1n) is 3.34. The van der Waals surface area contributed by atoms with Crippen LogP contribution < -0.4 is 0 Å². The van der Waals surface area contributed by atoms with E-state index >= 15 is 0 Å². The summed E-state index contributed by atoms with van der Waals surface area (Å²) < 4.78 is 0. The zero-order valence-electron chi connectivity index (χ0n) is 6.79. The van der Waals surface area contributed by atoms with Crippen molar-refractivity contribution in [2.45, 2.75) is 39.9 Å². The monoisotopic (exact) mass is 148 g/mol. The van der Waals surface area contributed by atoms with Crippen molar-refractivity contribution in [2.24, 2.45) is 0 Å². The molecule has 0 aliphatic carbocycles. The molecule has 0 saturated carbocycles. The van der Waals surface area contributed by atoms with Gasteiger partial charge in [0.25, 0.3) is 0 Å². The summed E-state index contributed by atoms with van der Waals surface area (Å²) in [6.45, 7) is 4.96. The lowest BCUT2D eigenvalue weighted by atomic mass is 10.3. The fourth-order valence-electron chi connectivity index (χ4n) is 0.258. The molecule has 2 N–H and O–H groups in total. The maximum atomic E-state index is 9.44. The van der Waals surface area contributed by atoms with Gasteiger partial charge < -0.3 is 15.0 Å². The van der Waals surface area contributed by atoms with E-state index in [1.54, 1.807) is 0 Å². The van der Waals surface area contributed by atoms with Gasteiger partial charge in [-0.25, -0.2) is 0 Å². The Labute approximate surface area is 61.7 Å². The fourth-order valence-corrected chi connectivity index (χ4v) is 0.258. The third-order valence-corrected chi connectivity index (χ3v) is 0.547. The quantitative estimate of drug-likeness (QED) is 0.566. The van der Waals surface area contributed by atoms with Gasteiger partial charge in [-0.1, -0.05) is 13.3 Å². The van der Waals surface area contributed by atoms with Gasteiger partial charge in [0.1, 0.15) is 5.78 Å². The molecule has 3 heteroatoms. The Kier molecular flexibility index (Phi) is 10.6. The van der Waals surface area contributed by atoms with Crippen LogP contribution in [-0.4, -0.2) is 22.3 Å². The summed E-state index contributed by atoms with van der Waals surface area (Å²) in [5.41, 5.74) is 0. The summed E-state index contributed by atoms with van der Waals surface area (Å²) in [7, 11) is 0. The van der Waals surface area contributed by atoms with E-state index in [4.69, 9.17) is 10.2 Å². The Morgan fingerprint density at radius 1 is 1.40 bits per heavy atom. The van der Waals surface area contributed by atoms with Crippen molar-refractivity contribution in [2.75, 3.05) is 0 Å². The number of aliphatic hydroxyl groups excluding tert-OH is 1. The molecule has 0 radical (unpaired) electrons. The van der Waals surface area contributed by atoms with Gasteiger partial charge in [0.15, 0.2) is 6.29 Å². The average Bonchev–Trinajstić information content (AvgIpc) is 1.62. The third kappa shape index (κ3) is 49.1. The van der Waals surface area contributed by atoms with E-state index in [1.807, 2.05) is 6.92 Å². The van der Waals surface area contributed by atoms with Crippen LogP contribution in [0.2, 0.25) is 0 Å². The van der Waals surface area contributed by atoms with Crippen LogP contribution in [0, 0.1) is 0 Å². The van der Waals surface area contributed by atoms with Crippen molar-refractivity contribution < 1.29 is 15.0 Å². The number of carbonyl (C=O) groups excluding carboxylic acids is 1. The Bertz CT molecular complexity index is 74.9. The highest BCUT2D eigenvalue weighted by atomic mass is 16.5. The second-order valence-electron chi connectivity index (χ2n) is 2.18. The lowest BCUT2D eigenvalue weighted by Gasteiger charge is -1.94. The van der Waals surface area contributed by atoms with E-state index in [0.29, 0.717) is 6.42 Å². The summed E-state index contributed by atoms with van der Waals surface area (Å²) in [6.07, 6.45) is 0.215. The minimum atomic E-state index is -1.10. The molecule has 0 aromatic rings. The maximum absolute atomic E-state index is 9.44. The van der Waals surface area contributed by atoms with Crippen LogP contribution in [0.4, 0.5) is 0 Å². The van der Waals surface area contributed by atoms with E-state index in [9.17, 15) is 4.79 Å². The van der Waals surface area contributed by atoms with Crippen molar-refractivity contribution in [3.8, 4) is 0 Å². The van der Waals surface area contributed by atoms with Crippen LogP contribution in [0.5, 0.6) is 0 Å². The Balaban J connectivity index is 0. The molecule has 0 fully saturated rings. The highest BCUT2D eigenvalue weighted by Crippen LogP contribution is 1.88.